The molecule has 0 unspecified atom stereocenters. The topological polar surface area (TPSA) is 67.2 Å². The van der Waals surface area contributed by atoms with Crippen LogP contribution in [-0.2, 0) is 0 Å². The molecule has 0 radical (unpaired) electrons. The first-order valence-corrected chi connectivity index (χ1v) is 8.06. The number of carbonyl (C=O) groups excluding carboxylic acids is 1. The first-order valence-electron chi connectivity index (χ1n) is 8.06. The van der Waals surface area contributed by atoms with E-state index in [0.29, 0.717) is 23.7 Å². The van der Waals surface area contributed by atoms with Crippen molar-refractivity contribution in [1.82, 2.24) is 5.32 Å². The summed E-state index contributed by atoms with van der Waals surface area (Å²) in [5.41, 5.74) is 10.3. The van der Waals surface area contributed by atoms with Gasteiger partial charge in [-0.25, -0.2) is 0 Å². The minimum Gasteiger partial charge on any atom is -0.397 e. The summed E-state index contributed by atoms with van der Waals surface area (Å²) >= 11 is 0. The van der Waals surface area contributed by atoms with E-state index in [1.54, 1.807) is 12.1 Å². The highest BCUT2D eigenvalue weighted by molar-refractivity contribution is 5.96. The van der Waals surface area contributed by atoms with Gasteiger partial charge in [-0.1, -0.05) is 32.9 Å². The molecule has 0 aromatic heterocycles. The van der Waals surface area contributed by atoms with Crippen molar-refractivity contribution in [3.05, 3.63) is 53.6 Å². The summed E-state index contributed by atoms with van der Waals surface area (Å²) in [6.07, 6.45) is 0.910. The van der Waals surface area contributed by atoms with E-state index in [2.05, 4.69) is 36.6 Å². The van der Waals surface area contributed by atoms with E-state index in [4.69, 9.17) is 5.73 Å². The zero-order valence-corrected chi connectivity index (χ0v) is 14.0. The number of benzene rings is 2. The minimum absolute atomic E-state index is 0.0913. The van der Waals surface area contributed by atoms with Crippen LogP contribution in [0.3, 0.4) is 0 Å². The Bertz CT molecular complexity index is 663. The summed E-state index contributed by atoms with van der Waals surface area (Å²) < 4.78 is 0. The summed E-state index contributed by atoms with van der Waals surface area (Å²) in [6.45, 7) is 7.03. The van der Waals surface area contributed by atoms with Crippen LogP contribution in [0.4, 0.5) is 17.1 Å². The Morgan fingerprint density at radius 1 is 1.13 bits per heavy atom. The van der Waals surface area contributed by atoms with E-state index in [0.717, 1.165) is 17.8 Å². The standard InChI is InChI=1S/C19H25N3O/c1-4-11-21-19(23)15-7-10-18(17(20)12-15)22-16-8-5-14(6-9-16)13(2)3/h5-10,12-13,22H,4,11,20H2,1-3H3,(H,21,23). The maximum absolute atomic E-state index is 11.9. The first-order chi connectivity index (χ1) is 11.0. The number of nitrogens with one attached hydrogen (secondary N) is 2. The summed E-state index contributed by atoms with van der Waals surface area (Å²) in [6, 6.07) is 13.6. The fraction of sp³-hybridized carbons (Fsp3) is 0.316. The lowest BCUT2D eigenvalue weighted by Gasteiger charge is -2.12. The molecule has 0 spiro atoms. The fourth-order valence-electron chi connectivity index (χ4n) is 2.27. The van der Waals surface area contributed by atoms with Crippen LogP contribution in [0, 0.1) is 0 Å². The highest BCUT2D eigenvalue weighted by Crippen LogP contribution is 2.25. The molecule has 2 rings (SSSR count). The Balaban J connectivity index is 2.10. The van der Waals surface area contributed by atoms with Gasteiger partial charge in [0.2, 0.25) is 0 Å². The molecule has 0 bridgehead atoms. The van der Waals surface area contributed by atoms with Crippen LogP contribution in [0.25, 0.3) is 0 Å². The van der Waals surface area contributed by atoms with Gasteiger partial charge in [-0.2, -0.15) is 0 Å². The van der Waals surface area contributed by atoms with Crippen molar-refractivity contribution < 1.29 is 4.79 Å². The van der Waals surface area contributed by atoms with Crippen LogP contribution < -0.4 is 16.4 Å². The summed E-state index contributed by atoms with van der Waals surface area (Å²) in [5.74, 6) is 0.418. The normalized spacial score (nSPS) is 10.6. The van der Waals surface area contributed by atoms with Gasteiger partial charge < -0.3 is 16.4 Å². The zero-order valence-electron chi connectivity index (χ0n) is 14.0. The Kier molecular flexibility index (Phi) is 5.63. The largest absolute Gasteiger partial charge is 0.397 e. The van der Waals surface area contributed by atoms with Gasteiger partial charge in [0.15, 0.2) is 0 Å². The van der Waals surface area contributed by atoms with Gasteiger partial charge in [0, 0.05) is 17.8 Å². The maximum atomic E-state index is 11.9. The number of carbonyl (C=O) groups is 1. The smallest absolute Gasteiger partial charge is 0.251 e. The average molecular weight is 311 g/mol. The second-order valence-corrected chi connectivity index (χ2v) is 5.96. The van der Waals surface area contributed by atoms with Crippen molar-refractivity contribution in [2.45, 2.75) is 33.1 Å². The van der Waals surface area contributed by atoms with E-state index in [1.807, 2.05) is 25.1 Å². The maximum Gasteiger partial charge on any atom is 0.251 e. The summed E-state index contributed by atoms with van der Waals surface area (Å²) in [4.78, 5) is 11.9. The van der Waals surface area contributed by atoms with Crippen LogP contribution in [0.15, 0.2) is 42.5 Å². The van der Waals surface area contributed by atoms with E-state index in [-0.39, 0.29) is 5.91 Å². The molecule has 122 valence electrons. The van der Waals surface area contributed by atoms with Gasteiger partial charge in [0.05, 0.1) is 11.4 Å². The quantitative estimate of drug-likeness (QED) is 0.698. The monoisotopic (exact) mass is 311 g/mol. The van der Waals surface area contributed by atoms with Gasteiger partial charge in [0.1, 0.15) is 0 Å². The van der Waals surface area contributed by atoms with Gasteiger partial charge in [-0.05, 0) is 48.2 Å². The van der Waals surface area contributed by atoms with Crippen molar-refractivity contribution in [3.63, 3.8) is 0 Å². The fourth-order valence-corrected chi connectivity index (χ4v) is 2.27. The predicted molar refractivity (Wildman–Crippen MR) is 97.3 cm³/mol. The van der Waals surface area contributed by atoms with Gasteiger partial charge >= 0.3 is 0 Å². The lowest BCUT2D eigenvalue weighted by Crippen LogP contribution is -2.24. The third-order valence-corrected chi connectivity index (χ3v) is 3.71. The third kappa shape index (κ3) is 4.49. The molecular weight excluding hydrogens is 286 g/mol. The van der Waals surface area contributed by atoms with Crippen LogP contribution in [0.1, 0.15) is 49.0 Å². The molecule has 23 heavy (non-hydrogen) atoms. The molecule has 1 amide bonds. The number of hydrogen-bond donors (Lipinski definition) is 3. The van der Waals surface area contributed by atoms with E-state index < -0.39 is 0 Å². The van der Waals surface area contributed by atoms with Crippen molar-refractivity contribution in [3.8, 4) is 0 Å². The van der Waals surface area contributed by atoms with Gasteiger partial charge in [-0.3, -0.25) is 4.79 Å². The Hall–Kier alpha value is -2.49. The molecule has 0 saturated carbocycles. The van der Waals surface area contributed by atoms with Crippen LogP contribution in [-0.4, -0.2) is 12.5 Å². The number of nitrogen functional groups attached to an aromatic ring is 1. The number of anilines is 3. The molecule has 2 aromatic carbocycles. The molecule has 4 nitrogen and oxygen atoms in total. The van der Waals surface area contributed by atoms with E-state index in [9.17, 15) is 4.79 Å². The van der Waals surface area contributed by atoms with Crippen molar-refractivity contribution >= 4 is 23.0 Å². The molecule has 4 N–H and O–H groups in total. The molecule has 4 heteroatoms. The molecule has 0 aliphatic rings. The Labute approximate surface area is 138 Å². The van der Waals surface area contributed by atoms with E-state index >= 15 is 0 Å². The Morgan fingerprint density at radius 3 is 2.39 bits per heavy atom. The number of nitrogens with two attached hydrogens (primary N) is 1. The lowest BCUT2D eigenvalue weighted by molar-refractivity contribution is 0.0953. The molecule has 0 fully saturated rings. The van der Waals surface area contributed by atoms with Crippen LogP contribution >= 0.6 is 0 Å². The third-order valence-electron chi connectivity index (χ3n) is 3.71. The molecule has 0 saturated heterocycles. The average Bonchev–Trinajstić information content (AvgIpc) is 2.55. The molecule has 0 aliphatic carbocycles. The SMILES string of the molecule is CCCNC(=O)c1ccc(Nc2ccc(C(C)C)cc2)c(N)c1. The number of rotatable bonds is 6. The summed E-state index contributed by atoms with van der Waals surface area (Å²) in [7, 11) is 0. The highest BCUT2D eigenvalue weighted by atomic mass is 16.1. The number of amides is 1. The highest BCUT2D eigenvalue weighted by Gasteiger charge is 2.08. The molecule has 0 heterocycles. The minimum atomic E-state index is -0.0913. The predicted octanol–water partition coefficient (Wildman–Crippen LogP) is 4.28. The first kappa shape index (κ1) is 16.9. The molecule has 0 atom stereocenters. The lowest BCUT2D eigenvalue weighted by atomic mass is 10.0. The van der Waals surface area contributed by atoms with Crippen molar-refractivity contribution in [2.24, 2.45) is 0 Å². The molecule has 0 aliphatic heterocycles. The molecule has 2 aromatic rings. The van der Waals surface area contributed by atoms with Crippen molar-refractivity contribution in [2.75, 3.05) is 17.6 Å². The second kappa shape index (κ2) is 7.68. The van der Waals surface area contributed by atoms with Crippen LogP contribution in [0.5, 0.6) is 0 Å². The van der Waals surface area contributed by atoms with E-state index in [1.165, 1.54) is 5.56 Å². The van der Waals surface area contributed by atoms with Gasteiger partial charge in [0.25, 0.3) is 5.91 Å². The summed E-state index contributed by atoms with van der Waals surface area (Å²) in [5, 5.41) is 6.14. The molecular formula is C19H25N3O. The second-order valence-electron chi connectivity index (χ2n) is 5.96. The van der Waals surface area contributed by atoms with Gasteiger partial charge in [-0.15, -0.1) is 0 Å². The van der Waals surface area contributed by atoms with Crippen molar-refractivity contribution in [1.29, 1.82) is 0 Å². The zero-order chi connectivity index (χ0) is 16.8. The van der Waals surface area contributed by atoms with Crippen LogP contribution in [0.2, 0.25) is 0 Å². The number of hydrogen-bond acceptors (Lipinski definition) is 3. The Morgan fingerprint density at radius 2 is 1.83 bits per heavy atom.